The van der Waals surface area contributed by atoms with Crippen LogP contribution < -0.4 is 5.32 Å². The molecular formula is C18H22ClN3OS. The number of thiophene rings is 1. The zero-order valence-electron chi connectivity index (χ0n) is 13.6. The van der Waals surface area contributed by atoms with E-state index in [2.05, 4.69) is 32.6 Å². The van der Waals surface area contributed by atoms with Gasteiger partial charge in [0.05, 0.1) is 6.54 Å². The zero-order chi connectivity index (χ0) is 16.8. The largest absolute Gasteiger partial charge is 0.351 e. The summed E-state index contributed by atoms with van der Waals surface area (Å²) < 4.78 is 0. The van der Waals surface area contributed by atoms with Gasteiger partial charge in [-0.25, -0.2) is 0 Å². The Bertz CT molecular complexity index is 654. The topological polar surface area (TPSA) is 35.6 Å². The van der Waals surface area contributed by atoms with Gasteiger partial charge in [0.2, 0.25) is 5.91 Å². The standard InChI is InChI=1S/C18H22ClN3OS/c19-16-4-1-3-15(11-16)12-20-18(23)14-22-8-6-21(7-9-22)13-17-5-2-10-24-17/h1-5,10-11H,6-9,12-14H2,(H,20,23). The van der Waals surface area contributed by atoms with Crippen LogP contribution in [-0.4, -0.2) is 48.4 Å². The maximum atomic E-state index is 12.1. The molecule has 0 spiro atoms. The molecule has 4 nitrogen and oxygen atoms in total. The third-order valence-electron chi connectivity index (χ3n) is 4.17. The molecule has 2 heterocycles. The first kappa shape index (κ1) is 17.4. The molecule has 1 saturated heterocycles. The van der Waals surface area contributed by atoms with Crippen LogP contribution in [-0.2, 0) is 17.9 Å². The third-order valence-corrected chi connectivity index (χ3v) is 5.27. The average Bonchev–Trinajstić information content (AvgIpc) is 3.08. The number of benzene rings is 1. The Morgan fingerprint density at radius 1 is 1.12 bits per heavy atom. The van der Waals surface area contributed by atoms with Crippen molar-refractivity contribution in [1.29, 1.82) is 0 Å². The van der Waals surface area contributed by atoms with Gasteiger partial charge >= 0.3 is 0 Å². The zero-order valence-corrected chi connectivity index (χ0v) is 15.2. The highest BCUT2D eigenvalue weighted by atomic mass is 35.5. The molecule has 1 fully saturated rings. The summed E-state index contributed by atoms with van der Waals surface area (Å²) >= 11 is 7.76. The number of halogens is 1. The minimum absolute atomic E-state index is 0.0710. The molecule has 0 aliphatic carbocycles. The van der Waals surface area contributed by atoms with Gasteiger partial charge in [0.1, 0.15) is 0 Å². The van der Waals surface area contributed by atoms with Crippen molar-refractivity contribution >= 4 is 28.8 Å². The number of nitrogens with zero attached hydrogens (tertiary/aromatic N) is 2. The van der Waals surface area contributed by atoms with Gasteiger partial charge in [-0.05, 0) is 29.1 Å². The van der Waals surface area contributed by atoms with Crippen molar-refractivity contribution in [2.24, 2.45) is 0 Å². The number of hydrogen-bond donors (Lipinski definition) is 1. The summed E-state index contributed by atoms with van der Waals surface area (Å²) in [5.41, 5.74) is 1.02. The lowest BCUT2D eigenvalue weighted by Crippen LogP contribution is -2.48. The molecule has 0 saturated carbocycles. The highest BCUT2D eigenvalue weighted by Crippen LogP contribution is 2.13. The van der Waals surface area contributed by atoms with Gasteiger partial charge in [-0.1, -0.05) is 29.8 Å². The summed E-state index contributed by atoms with van der Waals surface area (Å²) in [5.74, 6) is 0.0710. The summed E-state index contributed by atoms with van der Waals surface area (Å²) in [6.07, 6.45) is 0. The Labute approximate surface area is 152 Å². The normalized spacial score (nSPS) is 16.2. The van der Waals surface area contributed by atoms with E-state index >= 15 is 0 Å². The Morgan fingerprint density at radius 3 is 2.62 bits per heavy atom. The fourth-order valence-electron chi connectivity index (χ4n) is 2.84. The fourth-order valence-corrected chi connectivity index (χ4v) is 3.79. The second-order valence-corrected chi connectivity index (χ2v) is 7.51. The Hall–Kier alpha value is -1.40. The van der Waals surface area contributed by atoms with Crippen LogP contribution in [0.5, 0.6) is 0 Å². The second-order valence-electron chi connectivity index (χ2n) is 6.04. The minimum Gasteiger partial charge on any atom is -0.351 e. The van der Waals surface area contributed by atoms with Crippen molar-refractivity contribution in [3.63, 3.8) is 0 Å². The Morgan fingerprint density at radius 2 is 1.92 bits per heavy atom. The summed E-state index contributed by atoms with van der Waals surface area (Å²) in [5, 5.41) is 5.79. The molecule has 3 rings (SSSR count). The van der Waals surface area contributed by atoms with Crippen LogP contribution in [0.15, 0.2) is 41.8 Å². The van der Waals surface area contributed by atoms with Gasteiger partial charge in [0.25, 0.3) is 0 Å². The van der Waals surface area contributed by atoms with Crippen LogP contribution in [0, 0.1) is 0 Å². The molecular weight excluding hydrogens is 342 g/mol. The van der Waals surface area contributed by atoms with E-state index in [1.165, 1.54) is 4.88 Å². The summed E-state index contributed by atoms with van der Waals surface area (Å²) in [6.45, 7) is 5.92. The van der Waals surface area contributed by atoms with Crippen LogP contribution in [0.4, 0.5) is 0 Å². The van der Waals surface area contributed by atoms with Crippen molar-refractivity contribution in [1.82, 2.24) is 15.1 Å². The van der Waals surface area contributed by atoms with Gasteiger partial charge in [0.15, 0.2) is 0 Å². The molecule has 2 aromatic rings. The lowest BCUT2D eigenvalue weighted by Gasteiger charge is -2.34. The van der Waals surface area contributed by atoms with Gasteiger partial charge in [-0.2, -0.15) is 0 Å². The highest BCUT2D eigenvalue weighted by molar-refractivity contribution is 7.09. The Kier molecular flexibility index (Phi) is 6.26. The van der Waals surface area contributed by atoms with Gasteiger partial charge in [0, 0.05) is 49.2 Å². The van der Waals surface area contributed by atoms with E-state index in [4.69, 9.17) is 11.6 Å². The number of rotatable bonds is 6. The third kappa shape index (κ3) is 5.31. The smallest absolute Gasteiger partial charge is 0.234 e. The van der Waals surface area contributed by atoms with Gasteiger partial charge in [-0.3, -0.25) is 14.6 Å². The molecule has 128 valence electrons. The number of carbonyl (C=O) groups excluding carboxylic acids is 1. The van der Waals surface area contributed by atoms with Crippen LogP contribution >= 0.6 is 22.9 Å². The Balaban J connectivity index is 1.37. The van der Waals surface area contributed by atoms with Crippen LogP contribution in [0.2, 0.25) is 5.02 Å². The van der Waals surface area contributed by atoms with E-state index in [1.807, 2.05) is 24.3 Å². The lowest BCUT2D eigenvalue weighted by molar-refractivity contribution is -0.122. The molecule has 0 bridgehead atoms. The molecule has 6 heteroatoms. The van der Waals surface area contributed by atoms with Crippen LogP contribution in [0.1, 0.15) is 10.4 Å². The lowest BCUT2D eigenvalue weighted by atomic mass is 10.2. The van der Waals surface area contributed by atoms with E-state index in [0.717, 1.165) is 38.3 Å². The predicted octanol–water partition coefficient (Wildman–Crippen LogP) is 2.84. The van der Waals surface area contributed by atoms with E-state index in [0.29, 0.717) is 18.1 Å². The van der Waals surface area contributed by atoms with E-state index in [9.17, 15) is 4.79 Å². The van der Waals surface area contributed by atoms with Crippen molar-refractivity contribution in [2.45, 2.75) is 13.1 Å². The molecule has 0 unspecified atom stereocenters. The van der Waals surface area contributed by atoms with Crippen LogP contribution in [0.3, 0.4) is 0 Å². The first-order valence-corrected chi connectivity index (χ1v) is 9.43. The molecule has 1 aliphatic heterocycles. The molecule has 1 aromatic heterocycles. The summed E-state index contributed by atoms with van der Waals surface area (Å²) in [7, 11) is 0. The van der Waals surface area contributed by atoms with Gasteiger partial charge < -0.3 is 5.32 Å². The first-order valence-electron chi connectivity index (χ1n) is 8.17. The van der Waals surface area contributed by atoms with Crippen molar-refractivity contribution in [3.8, 4) is 0 Å². The second kappa shape index (κ2) is 8.62. The minimum atomic E-state index is 0.0710. The SMILES string of the molecule is O=C(CN1CCN(Cc2cccs2)CC1)NCc1cccc(Cl)c1. The highest BCUT2D eigenvalue weighted by Gasteiger charge is 2.19. The maximum Gasteiger partial charge on any atom is 0.234 e. The number of piperazine rings is 1. The molecule has 1 N–H and O–H groups in total. The predicted molar refractivity (Wildman–Crippen MR) is 99.3 cm³/mol. The monoisotopic (exact) mass is 363 g/mol. The maximum absolute atomic E-state index is 12.1. The van der Waals surface area contributed by atoms with E-state index in [-0.39, 0.29) is 5.91 Å². The van der Waals surface area contributed by atoms with E-state index in [1.54, 1.807) is 11.3 Å². The van der Waals surface area contributed by atoms with Crippen molar-refractivity contribution < 1.29 is 4.79 Å². The van der Waals surface area contributed by atoms with Crippen molar-refractivity contribution in [2.75, 3.05) is 32.7 Å². The van der Waals surface area contributed by atoms with Gasteiger partial charge in [-0.15, -0.1) is 11.3 Å². The van der Waals surface area contributed by atoms with Crippen LogP contribution in [0.25, 0.3) is 0 Å². The molecule has 1 aliphatic rings. The number of carbonyl (C=O) groups is 1. The number of nitrogens with one attached hydrogen (secondary N) is 1. The molecule has 1 amide bonds. The number of amides is 1. The summed E-state index contributed by atoms with van der Waals surface area (Å²) in [6, 6.07) is 11.9. The summed E-state index contributed by atoms with van der Waals surface area (Å²) in [4.78, 5) is 18.2. The van der Waals surface area contributed by atoms with E-state index < -0.39 is 0 Å². The van der Waals surface area contributed by atoms with Crippen molar-refractivity contribution in [3.05, 3.63) is 57.2 Å². The number of hydrogen-bond acceptors (Lipinski definition) is 4. The molecule has 1 aromatic carbocycles. The molecule has 24 heavy (non-hydrogen) atoms. The average molecular weight is 364 g/mol. The first-order chi connectivity index (χ1) is 11.7. The quantitative estimate of drug-likeness (QED) is 0.857. The molecule has 0 radical (unpaired) electrons. The molecule has 0 atom stereocenters. The fraction of sp³-hybridized carbons (Fsp3) is 0.389.